The summed E-state index contributed by atoms with van der Waals surface area (Å²) < 4.78 is 16.7. The van der Waals surface area contributed by atoms with Crippen LogP contribution in [0.2, 0.25) is 0 Å². The molecule has 68 heavy (non-hydrogen) atoms. The Balaban J connectivity index is 4.54. The molecule has 0 aliphatic carbocycles. The molecule has 0 aliphatic heterocycles. The Labute approximate surface area is 417 Å². The molecule has 0 radical (unpaired) electrons. The van der Waals surface area contributed by atoms with Gasteiger partial charge in [-0.05, 0) is 122 Å². The predicted molar refractivity (Wildman–Crippen MR) is 292 cm³/mol. The molecule has 0 bridgehead atoms. The minimum atomic E-state index is -0.852. The van der Waals surface area contributed by atoms with E-state index >= 15 is 0 Å². The first-order valence-electron chi connectivity index (χ1n) is 26.8. The van der Waals surface area contributed by atoms with Crippen molar-refractivity contribution >= 4 is 17.9 Å². The van der Waals surface area contributed by atoms with Crippen molar-refractivity contribution in [3.8, 4) is 0 Å². The molecule has 0 N–H and O–H groups in total. The van der Waals surface area contributed by atoms with Crippen molar-refractivity contribution in [2.75, 3.05) is 13.2 Å². The largest absolute Gasteiger partial charge is 0.462 e. The molecule has 1 unspecified atom stereocenters. The fourth-order valence-electron chi connectivity index (χ4n) is 6.63. The summed E-state index contributed by atoms with van der Waals surface area (Å²) in [4.78, 5) is 38.0. The lowest BCUT2D eigenvalue weighted by atomic mass is 10.1. The lowest BCUT2D eigenvalue weighted by molar-refractivity contribution is -0.166. The highest BCUT2D eigenvalue weighted by atomic mass is 16.6. The van der Waals surface area contributed by atoms with Gasteiger partial charge in [0.2, 0.25) is 0 Å². The van der Waals surface area contributed by atoms with Crippen molar-refractivity contribution in [1.82, 2.24) is 0 Å². The zero-order valence-electron chi connectivity index (χ0n) is 43.3. The summed E-state index contributed by atoms with van der Waals surface area (Å²) in [5.74, 6) is -1.11. The smallest absolute Gasteiger partial charge is 0.310 e. The van der Waals surface area contributed by atoms with Crippen molar-refractivity contribution < 1.29 is 28.6 Å². The van der Waals surface area contributed by atoms with Gasteiger partial charge in [-0.3, -0.25) is 14.4 Å². The van der Waals surface area contributed by atoms with Gasteiger partial charge in [0.1, 0.15) is 13.2 Å². The lowest BCUT2D eigenvalue weighted by Crippen LogP contribution is -2.30. The van der Waals surface area contributed by atoms with Crippen molar-refractivity contribution in [2.45, 2.75) is 213 Å². The average Bonchev–Trinajstić information content (AvgIpc) is 3.34. The highest BCUT2D eigenvalue weighted by Gasteiger charge is 2.19. The fraction of sp³-hybridized carbons (Fsp3) is 0.565. The standard InChI is InChI=1S/C62H96O6/c1-4-7-10-13-16-19-22-25-27-28-29-30-31-32-33-34-36-37-40-43-46-49-52-55-61(64)67-58-59(57-66-60(63)54-51-48-45-42-39-24-21-18-15-12-9-6-3)68-62(65)56-53-50-47-44-41-38-35-26-23-20-17-14-11-8-5-2/h7-8,10-11,16-21,25-27,29-30,32-33,35-37,41,44,50,53,59H,4-6,9,12-15,22-24,28,31,34,38-40,42-43,45-49,51-52,54-58H2,1-3H3/b10-7-,11-8-,19-16-,20-17-,21-18-,27-25-,30-29-,33-32-,35-26-,37-36-,44-41-,53-50-. The van der Waals surface area contributed by atoms with E-state index in [-0.39, 0.29) is 31.6 Å². The van der Waals surface area contributed by atoms with Gasteiger partial charge in [-0.25, -0.2) is 0 Å². The summed E-state index contributed by atoms with van der Waals surface area (Å²) in [6.07, 6.45) is 78.6. The highest BCUT2D eigenvalue weighted by Crippen LogP contribution is 2.11. The van der Waals surface area contributed by atoms with Crippen LogP contribution in [0.4, 0.5) is 0 Å². The number of rotatable bonds is 46. The number of hydrogen-bond donors (Lipinski definition) is 0. The monoisotopic (exact) mass is 937 g/mol. The Hall–Kier alpha value is -4.71. The molecule has 380 valence electrons. The van der Waals surface area contributed by atoms with Crippen molar-refractivity contribution in [1.29, 1.82) is 0 Å². The van der Waals surface area contributed by atoms with Crippen molar-refractivity contribution in [3.63, 3.8) is 0 Å². The minimum absolute atomic E-state index is 0.0825. The van der Waals surface area contributed by atoms with E-state index in [1.807, 2.05) is 6.08 Å². The summed E-state index contributed by atoms with van der Waals surface area (Å²) in [5.41, 5.74) is 0. The molecular weight excluding hydrogens is 841 g/mol. The summed E-state index contributed by atoms with van der Waals surface area (Å²) in [6, 6.07) is 0. The first-order chi connectivity index (χ1) is 33.5. The second-order valence-electron chi connectivity index (χ2n) is 17.0. The third-order valence-electron chi connectivity index (χ3n) is 10.6. The van der Waals surface area contributed by atoms with E-state index in [0.29, 0.717) is 19.3 Å². The van der Waals surface area contributed by atoms with Crippen LogP contribution in [-0.2, 0) is 28.6 Å². The van der Waals surface area contributed by atoms with Crippen molar-refractivity contribution in [3.05, 3.63) is 146 Å². The van der Waals surface area contributed by atoms with E-state index in [1.54, 1.807) is 6.08 Å². The first kappa shape index (κ1) is 63.3. The predicted octanol–water partition coefficient (Wildman–Crippen LogP) is 18.0. The topological polar surface area (TPSA) is 78.9 Å². The van der Waals surface area contributed by atoms with E-state index in [9.17, 15) is 14.4 Å². The molecule has 0 aromatic carbocycles. The van der Waals surface area contributed by atoms with Gasteiger partial charge in [0, 0.05) is 12.8 Å². The van der Waals surface area contributed by atoms with Crippen LogP contribution in [-0.4, -0.2) is 37.2 Å². The number of carbonyl (C=O) groups excluding carboxylic acids is 3. The maximum atomic E-state index is 12.7. The van der Waals surface area contributed by atoms with Gasteiger partial charge in [-0.1, -0.05) is 212 Å². The minimum Gasteiger partial charge on any atom is -0.462 e. The molecule has 6 heteroatoms. The highest BCUT2D eigenvalue weighted by molar-refractivity contribution is 5.72. The van der Waals surface area contributed by atoms with Crippen molar-refractivity contribution in [2.24, 2.45) is 0 Å². The van der Waals surface area contributed by atoms with Gasteiger partial charge < -0.3 is 14.2 Å². The number of carbonyl (C=O) groups is 3. The van der Waals surface area contributed by atoms with E-state index in [2.05, 4.69) is 154 Å². The molecule has 0 amide bonds. The fourth-order valence-corrected chi connectivity index (χ4v) is 6.63. The molecule has 0 aromatic heterocycles. The molecule has 0 fully saturated rings. The van der Waals surface area contributed by atoms with Crippen LogP contribution in [0.25, 0.3) is 0 Å². The van der Waals surface area contributed by atoms with E-state index in [1.165, 1.54) is 32.1 Å². The Morgan fingerprint density at radius 3 is 0.985 bits per heavy atom. The first-order valence-corrected chi connectivity index (χ1v) is 26.8. The van der Waals surface area contributed by atoms with Gasteiger partial charge in [-0.15, -0.1) is 0 Å². The van der Waals surface area contributed by atoms with Crippen LogP contribution in [0.1, 0.15) is 207 Å². The zero-order chi connectivity index (χ0) is 49.3. The Bertz CT molecular complexity index is 1540. The molecule has 0 saturated heterocycles. The molecule has 0 rings (SSSR count). The Morgan fingerprint density at radius 2 is 0.618 bits per heavy atom. The number of allylic oxidation sites excluding steroid dienone is 23. The van der Waals surface area contributed by atoms with Crippen LogP contribution in [0.15, 0.2) is 146 Å². The van der Waals surface area contributed by atoms with Gasteiger partial charge >= 0.3 is 17.9 Å². The third-order valence-corrected chi connectivity index (χ3v) is 10.6. The van der Waals surface area contributed by atoms with Gasteiger partial charge in [-0.2, -0.15) is 0 Å². The van der Waals surface area contributed by atoms with Crippen LogP contribution in [0.3, 0.4) is 0 Å². The second kappa shape index (κ2) is 54.9. The summed E-state index contributed by atoms with van der Waals surface area (Å²) in [7, 11) is 0. The molecule has 0 aliphatic rings. The average molecular weight is 937 g/mol. The quantitative estimate of drug-likeness (QED) is 0.0262. The number of unbranched alkanes of at least 4 members (excludes halogenated alkanes) is 12. The van der Waals surface area contributed by atoms with Crippen LogP contribution >= 0.6 is 0 Å². The number of ether oxygens (including phenoxy) is 3. The molecule has 1 atom stereocenters. The Kier molecular flexibility index (Phi) is 51.1. The zero-order valence-corrected chi connectivity index (χ0v) is 43.3. The van der Waals surface area contributed by atoms with Crippen LogP contribution < -0.4 is 0 Å². The van der Waals surface area contributed by atoms with Gasteiger partial charge in [0.05, 0.1) is 6.42 Å². The van der Waals surface area contributed by atoms with Gasteiger partial charge in [0.25, 0.3) is 0 Å². The summed E-state index contributed by atoms with van der Waals surface area (Å²) in [6.45, 7) is 6.25. The lowest BCUT2D eigenvalue weighted by Gasteiger charge is -2.18. The molecule has 0 aromatic rings. The maximum absolute atomic E-state index is 12.7. The number of hydrogen-bond acceptors (Lipinski definition) is 6. The van der Waals surface area contributed by atoms with E-state index in [0.717, 1.165) is 128 Å². The van der Waals surface area contributed by atoms with Gasteiger partial charge in [0.15, 0.2) is 6.10 Å². The summed E-state index contributed by atoms with van der Waals surface area (Å²) >= 11 is 0. The molecule has 0 heterocycles. The number of esters is 3. The summed E-state index contributed by atoms with van der Waals surface area (Å²) in [5, 5.41) is 0. The van der Waals surface area contributed by atoms with E-state index < -0.39 is 12.1 Å². The second-order valence-corrected chi connectivity index (χ2v) is 17.0. The van der Waals surface area contributed by atoms with E-state index in [4.69, 9.17) is 14.2 Å². The normalized spacial score (nSPS) is 13.3. The Morgan fingerprint density at radius 1 is 0.324 bits per heavy atom. The van der Waals surface area contributed by atoms with Crippen LogP contribution in [0.5, 0.6) is 0 Å². The third kappa shape index (κ3) is 52.3. The SMILES string of the molecule is CC/C=C\C/C=C\C/C=C\C/C=C\C/C=C\C/C=C\CCCCCCC(=O)OCC(COC(=O)CCCCCCC/C=C\CCCCC)OC(=O)C/C=C\C/C=C\C/C=C\C/C=C\C/C=C\CC. The van der Waals surface area contributed by atoms with Crippen LogP contribution in [0, 0.1) is 0 Å². The molecule has 0 saturated carbocycles. The molecule has 6 nitrogen and oxygen atoms in total. The maximum Gasteiger partial charge on any atom is 0.310 e. The molecular formula is C62H96O6. The molecule has 0 spiro atoms.